The minimum absolute atomic E-state index is 0.616. The number of hydrogen-bond acceptors (Lipinski definition) is 5. The van der Waals surface area contributed by atoms with Crippen LogP contribution in [0.15, 0.2) is 35.8 Å². The van der Waals surface area contributed by atoms with Gasteiger partial charge in [0, 0.05) is 45.4 Å². The fraction of sp³-hybridized carbons (Fsp3) is 0.727. The highest BCUT2D eigenvalue weighted by Crippen LogP contribution is 2.23. The molecule has 0 spiro atoms. The first-order valence-electron chi connectivity index (χ1n) is 10.5. The lowest BCUT2D eigenvalue weighted by Gasteiger charge is -2.38. The van der Waals surface area contributed by atoms with Crippen LogP contribution in [-0.4, -0.2) is 67.6 Å². The standard InChI is InChI=1S/C22H38N2O3/c1-3-4-5-6-7-19-27-21-12-10-20(11-13-21)24-17-15-23(16-18-24)14-8-9-22(25)26-2/h3-4,10,12,22,25H,5-9,11,13-19H2,1-2H3/b4-3-/t22-/m1/s1. The van der Waals surface area contributed by atoms with Crippen LogP contribution in [0.5, 0.6) is 0 Å². The monoisotopic (exact) mass is 378 g/mol. The number of unbranched alkanes of at least 4 members (excludes halogenated alkanes) is 2. The number of ether oxygens (including phenoxy) is 2. The molecule has 0 aromatic carbocycles. The maximum absolute atomic E-state index is 9.45. The highest BCUT2D eigenvalue weighted by atomic mass is 16.6. The van der Waals surface area contributed by atoms with E-state index in [2.05, 4.69) is 41.0 Å². The van der Waals surface area contributed by atoms with Gasteiger partial charge in [0.2, 0.25) is 0 Å². The molecule has 0 bridgehead atoms. The molecule has 2 rings (SSSR count). The Labute approximate surface area is 165 Å². The van der Waals surface area contributed by atoms with Crippen LogP contribution in [0.25, 0.3) is 0 Å². The summed E-state index contributed by atoms with van der Waals surface area (Å²) in [6.07, 6.45) is 15.4. The molecule has 0 aromatic heterocycles. The van der Waals surface area contributed by atoms with Crippen molar-refractivity contribution in [3.8, 4) is 0 Å². The summed E-state index contributed by atoms with van der Waals surface area (Å²) in [6.45, 7) is 8.32. The quantitative estimate of drug-likeness (QED) is 0.319. The van der Waals surface area contributed by atoms with Crippen LogP contribution >= 0.6 is 0 Å². The molecular weight excluding hydrogens is 340 g/mol. The molecule has 1 atom stereocenters. The third-order valence-corrected chi connectivity index (χ3v) is 5.35. The molecular formula is C22H38N2O3. The van der Waals surface area contributed by atoms with Crippen molar-refractivity contribution in [3.63, 3.8) is 0 Å². The summed E-state index contributed by atoms with van der Waals surface area (Å²) in [5.74, 6) is 1.14. The van der Waals surface area contributed by atoms with Crippen molar-refractivity contribution < 1.29 is 14.6 Å². The van der Waals surface area contributed by atoms with Gasteiger partial charge in [-0.25, -0.2) is 0 Å². The molecule has 0 unspecified atom stereocenters. The van der Waals surface area contributed by atoms with E-state index in [1.165, 1.54) is 12.1 Å². The van der Waals surface area contributed by atoms with Gasteiger partial charge in [0.25, 0.3) is 0 Å². The predicted octanol–water partition coefficient (Wildman–Crippen LogP) is 3.67. The van der Waals surface area contributed by atoms with Crippen LogP contribution in [0.3, 0.4) is 0 Å². The van der Waals surface area contributed by atoms with Gasteiger partial charge in [-0.1, -0.05) is 12.2 Å². The zero-order valence-corrected chi connectivity index (χ0v) is 17.2. The van der Waals surface area contributed by atoms with E-state index in [0.717, 1.165) is 77.2 Å². The fourth-order valence-electron chi connectivity index (χ4n) is 3.59. The zero-order valence-electron chi connectivity index (χ0n) is 17.2. The number of allylic oxidation sites excluding steroid dienone is 6. The number of methoxy groups -OCH3 is 1. The van der Waals surface area contributed by atoms with Crippen molar-refractivity contribution in [2.45, 2.75) is 58.2 Å². The van der Waals surface area contributed by atoms with Crippen LogP contribution < -0.4 is 0 Å². The first-order valence-corrected chi connectivity index (χ1v) is 10.5. The Morgan fingerprint density at radius 1 is 1.11 bits per heavy atom. The van der Waals surface area contributed by atoms with E-state index < -0.39 is 6.29 Å². The predicted molar refractivity (Wildman–Crippen MR) is 110 cm³/mol. The summed E-state index contributed by atoms with van der Waals surface area (Å²) >= 11 is 0. The van der Waals surface area contributed by atoms with E-state index in [0.29, 0.717) is 6.42 Å². The minimum Gasteiger partial charge on any atom is -0.498 e. The van der Waals surface area contributed by atoms with Crippen molar-refractivity contribution in [2.75, 3.05) is 46.4 Å². The molecule has 1 fully saturated rings. The lowest BCUT2D eigenvalue weighted by molar-refractivity contribution is -0.0801. The second-order valence-electron chi connectivity index (χ2n) is 7.37. The summed E-state index contributed by atoms with van der Waals surface area (Å²) in [4.78, 5) is 5.01. The second-order valence-corrected chi connectivity index (χ2v) is 7.37. The van der Waals surface area contributed by atoms with Crippen LogP contribution in [0.2, 0.25) is 0 Å². The van der Waals surface area contributed by atoms with E-state index >= 15 is 0 Å². The maximum atomic E-state index is 9.45. The van der Waals surface area contributed by atoms with Gasteiger partial charge in [0.1, 0.15) is 0 Å². The zero-order chi connectivity index (χ0) is 19.3. The van der Waals surface area contributed by atoms with E-state index in [4.69, 9.17) is 9.47 Å². The molecule has 1 aliphatic heterocycles. The SMILES string of the molecule is C/C=C\CCCCOC1=CC=C(N2CCN(CCC[C@H](O)OC)CC2)CC1. The van der Waals surface area contributed by atoms with Gasteiger partial charge >= 0.3 is 0 Å². The topological polar surface area (TPSA) is 45.2 Å². The van der Waals surface area contributed by atoms with Gasteiger partial charge in [-0.3, -0.25) is 4.90 Å². The summed E-state index contributed by atoms with van der Waals surface area (Å²) < 4.78 is 10.8. The van der Waals surface area contributed by atoms with Gasteiger partial charge in [-0.15, -0.1) is 0 Å². The van der Waals surface area contributed by atoms with Crippen LogP contribution in [0.4, 0.5) is 0 Å². The summed E-state index contributed by atoms with van der Waals surface area (Å²) in [6, 6.07) is 0. The molecule has 0 radical (unpaired) electrons. The molecule has 0 saturated carbocycles. The number of hydrogen-bond donors (Lipinski definition) is 1. The van der Waals surface area contributed by atoms with Crippen LogP contribution in [0.1, 0.15) is 51.9 Å². The molecule has 2 aliphatic rings. The number of rotatable bonds is 12. The molecule has 0 amide bonds. The van der Waals surface area contributed by atoms with Gasteiger partial charge < -0.3 is 19.5 Å². The van der Waals surface area contributed by atoms with E-state index in [1.54, 1.807) is 7.11 Å². The molecule has 5 nitrogen and oxygen atoms in total. The van der Waals surface area contributed by atoms with Crippen LogP contribution in [-0.2, 0) is 9.47 Å². The fourth-order valence-corrected chi connectivity index (χ4v) is 3.59. The van der Waals surface area contributed by atoms with Crippen molar-refractivity contribution >= 4 is 0 Å². The number of aliphatic hydroxyl groups is 1. The van der Waals surface area contributed by atoms with Gasteiger partial charge in [0.15, 0.2) is 6.29 Å². The summed E-state index contributed by atoms with van der Waals surface area (Å²) in [7, 11) is 1.55. The van der Waals surface area contributed by atoms with Crippen LogP contribution in [0, 0.1) is 0 Å². The Bertz CT molecular complexity index is 494. The first-order chi connectivity index (χ1) is 13.2. The molecule has 27 heavy (non-hydrogen) atoms. The first kappa shape index (κ1) is 22.0. The third-order valence-electron chi connectivity index (χ3n) is 5.35. The average Bonchev–Trinajstić information content (AvgIpc) is 2.71. The molecule has 0 aromatic rings. The Morgan fingerprint density at radius 2 is 1.93 bits per heavy atom. The molecule has 1 N–H and O–H groups in total. The number of piperazine rings is 1. The average molecular weight is 379 g/mol. The van der Waals surface area contributed by atoms with Crippen molar-refractivity contribution in [1.82, 2.24) is 9.80 Å². The summed E-state index contributed by atoms with van der Waals surface area (Å²) in [5.41, 5.74) is 1.45. The van der Waals surface area contributed by atoms with Crippen molar-refractivity contribution in [3.05, 3.63) is 35.8 Å². The summed E-state index contributed by atoms with van der Waals surface area (Å²) in [5, 5.41) is 9.45. The number of aliphatic hydroxyl groups excluding tert-OH is 1. The molecule has 5 heteroatoms. The highest BCUT2D eigenvalue weighted by Gasteiger charge is 2.20. The van der Waals surface area contributed by atoms with Gasteiger partial charge in [-0.2, -0.15) is 0 Å². The van der Waals surface area contributed by atoms with Gasteiger partial charge in [-0.05, 0) is 64.1 Å². The van der Waals surface area contributed by atoms with Crippen molar-refractivity contribution in [1.29, 1.82) is 0 Å². The maximum Gasteiger partial charge on any atom is 0.154 e. The van der Waals surface area contributed by atoms with E-state index in [1.807, 2.05) is 0 Å². The Hall–Kier alpha value is -1.30. The van der Waals surface area contributed by atoms with Gasteiger partial charge in [0.05, 0.1) is 12.4 Å². The van der Waals surface area contributed by atoms with Crippen molar-refractivity contribution in [2.24, 2.45) is 0 Å². The highest BCUT2D eigenvalue weighted by molar-refractivity contribution is 5.20. The molecule has 1 aliphatic carbocycles. The largest absolute Gasteiger partial charge is 0.498 e. The second kappa shape index (κ2) is 13.0. The Morgan fingerprint density at radius 3 is 2.59 bits per heavy atom. The lowest BCUT2D eigenvalue weighted by Crippen LogP contribution is -2.46. The number of nitrogens with zero attached hydrogens (tertiary/aromatic N) is 2. The Kier molecular flexibility index (Phi) is 10.6. The normalized spacial score (nSPS) is 19.9. The van der Waals surface area contributed by atoms with E-state index in [-0.39, 0.29) is 0 Å². The lowest BCUT2D eigenvalue weighted by atomic mass is 10.1. The third kappa shape index (κ3) is 8.50. The molecule has 154 valence electrons. The molecule has 1 heterocycles. The Balaban J connectivity index is 1.62. The van der Waals surface area contributed by atoms with E-state index in [9.17, 15) is 5.11 Å². The molecule has 1 saturated heterocycles. The minimum atomic E-state index is -0.616. The smallest absolute Gasteiger partial charge is 0.154 e.